The lowest BCUT2D eigenvalue weighted by atomic mass is 10.0. The minimum atomic E-state index is -3.25. The molecule has 0 amide bonds. The van der Waals surface area contributed by atoms with E-state index in [-0.39, 0.29) is 6.42 Å². The van der Waals surface area contributed by atoms with Crippen LogP contribution in [0, 0.1) is 5.82 Å². The maximum atomic E-state index is 13.9. The van der Waals surface area contributed by atoms with Gasteiger partial charge in [0.1, 0.15) is 11.6 Å². The number of esters is 1. The molecular formula is C14H16ClF3O3. The molecule has 118 valence electrons. The summed E-state index contributed by atoms with van der Waals surface area (Å²) in [5, 5.41) is -0.434. The van der Waals surface area contributed by atoms with Crippen molar-refractivity contribution in [2.75, 3.05) is 7.11 Å². The normalized spacial score (nSPS) is 12.9. The molecule has 0 aromatic heterocycles. The van der Waals surface area contributed by atoms with Gasteiger partial charge in [0.25, 0.3) is 5.92 Å². The van der Waals surface area contributed by atoms with E-state index in [1.54, 1.807) is 6.92 Å². The van der Waals surface area contributed by atoms with E-state index in [0.717, 1.165) is 19.2 Å². The van der Waals surface area contributed by atoms with Crippen LogP contribution >= 0.6 is 11.6 Å². The summed E-state index contributed by atoms with van der Waals surface area (Å²) in [7, 11) is 1.15. The highest BCUT2D eigenvalue weighted by atomic mass is 35.5. The molecule has 0 unspecified atom stereocenters. The fourth-order valence-electron chi connectivity index (χ4n) is 1.69. The molecule has 0 saturated heterocycles. The summed E-state index contributed by atoms with van der Waals surface area (Å²) in [6.45, 7) is 2.89. The van der Waals surface area contributed by atoms with Crippen LogP contribution in [0.4, 0.5) is 13.2 Å². The van der Waals surface area contributed by atoms with E-state index in [4.69, 9.17) is 16.3 Å². The highest BCUT2D eigenvalue weighted by Gasteiger charge is 2.35. The SMILES string of the molecule is CC[C@H](Oc1cc(F)c(Cl)cc1C(F)(F)CC)C(=O)OC. The van der Waals surface area contributed by atoms with Crippen LogP contribution in [0.5, 0.6) is 5.75 Å². The second-order valence-corrected chi connectivity index (χ2v) is 4.77. The van der Waals surface area contributed by atoms with E-state index >= 15 is 0 Å². The maximum Gasteiger partial charge on any atom is 0.347 e. The van der Waals surface area contributed by atoms with Crippen LogP contribution in [0.25, 0.3) is 0 Å². The zero-order valence-electron chi connectivity index (χ0n) is 11.9. The van der Waals surface area contributed by atoms with Crippen LogP contribution in [0.3, 0.4) is 0 Å². The van der Waals surface area contributed by atoms with Gasteiger partial charge < -0.3 is 9.47 Å². The summed E-state index contributed by atoms with van der Waals surface area (Å²) >= 11 is 5.55. The van der Waals surface area contributed by atoms with Crippen molar-refractivity contribution in [1.82, 2.24) is 0 Å². The molecule has 0 N–H and O–H groups in total. The van der Waals surface area contributed by atoms with Gasteiger partial charge in [0.2, 0.25) is 0 Å². The Morgan fingerprint density at radius 3 is 2.48 bits per heavy atom. The number of alkyl halides is 2. The maximum absolute atomic E-state index is 13.9. The summed E-state index contributed by atoms with van der Waals surface area (Å²) in [5.74, 6) is -5.29. The second kappa shape index (κ2) is 7.02. The first-order chi connectivity index (χ1) is 9.76. The van der Waals surface area contributed by atoms with E-state index in [2.05, 4.69) is 4.74 Å². The lowest BCUT2D eigenvalue weighted by Gasteiger charge is -2.22. The number of hydrogen-bond donors (Lipinski definition) is 0. The van der Waals surface area contributed by atoms with Crippen molar-refractivity contribution in [2.24, 2.45) is 0 Å². The number of rotatable bonds is 6. The van der Waals surface area contributed by atoms with Gasteiger partial charge in [-0.15, -0.1) is 0 Å². The quantitative estimate of drug-likeness (QED) is 0.731. The van der Waals surface area contributed by atoms with Gasteiger partial charge in [0, 0.05) is 12.5 Å². The lowest BCUT2D eigenvalue weighted by Crippen LogP contribution is -2.29. The largest absolute Gasteiger partial charge is 0.478 e. The van der Waals surface area contributed by atoms with E-state index < -0.39 is 46.6 Å². The number of carbonyl (C=O) groups is 1. The molecular weight excluding hydrogens is 309 g/mol. The average molecular weight is 325 g/mol. The minimum absolute atomic E-state index is 0.189. The predicted molar refractivity (Wildman–Crippen MR) is 72.3 cm³/mol. The number of methoxy groups -OCH3 is 1. The molecule has 0 fully saturated rings. The van der Waals surface area contributed by atoms with Crippen molar-refractivity contribution in [1.29, 1.82) is 0 Å². The standard InChI is InChI=1S/C14H16ClF3O3/c1-4-11(13(19)20-3)21-12-7-10(16)9(15)6-8(12)14(17,18)5-2/h6-7,11H,4-5H2,1-3H3/t11-/m0/s1. The Hall–Kier alpha value is -1.43. The highest BCUT2D eigenvalue weighted by Crippen LogP contribution is 2.40. The van der Waals surface area contributed by atoms with Crippen molar-refractivity contribution >= 4 is 17.6 Å². The van der Waals surface area contributed by atoms with Crippen LogP contribution in [0.2, 0.25) is 5.02 Å². The van der Waals surface area contributed by atoms with E-state index in [1.807, 2.05) is 0 Å². The van der Waals surface area contributed by atoms with Crippen LogP contribution < -0.4 is 4.74 Å². The first-order valence-electron chi connectivity index (χ1n) is 6.38. The number of carbonyl (C=O) groups excluding carboxylic acids is 1. The Morgan fingerprint density at radius 2 is 2.00 bits per heavy atom. The minimum Gasteiger partial charge on any atom is -0.478 e. The van der Waals surface area contributed by atoms with Gasteiger partial charge >= 0.3 is 5.97 Å². The molecule has 7 heteroatoms. The van der Waals surface area contributed by atoms with Gasteiger partial charge in [0.05, 0.1) is 17.7 Å². The molecule has 0 aliphatic carbocycles. The van der Waals surface area contributed by atoms with Gasteiger partial charge in [-0.1, -0.05) is 25.4 Å². The molecule has 0 heterocycles. The average Bonchev–Trinajstić information content (AvgIpc) is 2.46. The monoisotopic (exact) mass is 324 g/mol. The molecule has 3 nitrogen and oxygen atoms in total. The van der Waals surface area contributed by atoms with Crippen molar-refractivity contribution in [3.05, 3.63) is 28.5 Å². The van der Waals surface area contributed by atoms with Crippen molar-refractivity contribution in [3.8, 4) is 5.75 Å². The lowest BCUT2D eigenvalue weighted by molar-refractivity contribution is -0.149. The molecule has 0 aliphatic rings. The van der Waals surface area contributed by atoms with Crippen LogP contribution in [-0.4, -0.2) is 19.2 Å². The zero-order chi connectivity index (χ0) is 16.2. The van der Waals surface area contributed by atoms with Crippen molar-refractivity contribution < 1.29 is 27.4 Å². The fourth-order valence-corrected chi connectivity index (χ4v) is 1.85. The molecule has 0 bridgehead atoms. The number of halogens is 4. The topological polar surface area (TPSA) is 35.5 Å². The second-order valence-electron chi connectivity index (χ2n) is 4.36. The smallest absolute Gasteiger partial charge is 0.347 e. The van der Waals surface area contributed by atoms with E-state index in [1.165, 1.54) is 6.92 Å². The van der Waals surface area contributed by atoms with Gasteiger partial charge in [-0.05, 0) is 12.5 Å². The third-order valence-electron chi connectivity index (χ3n) is 2.96. The highest BCUT2D eigenvalue weighted by molar-refractivity contribution is 6.30. The van der Waals surface area contributed by atoms with E-state index in [0.29, 0.717) is 0 Å². The van der Waals surface area contributed by atoms with Crippen molar-refractivity contribution in [3.63, 3.8) is 0 Å². The molecule has 0 aliphatic heterocycles. The molecule has 1 aromatic rings. The molecule has 21 heavy (non-hydrogen) atoms. The summed E-state index contributed by atoms with van der Waals surface area (Å²) in [5.41, 5.74) is -0.557. The first kappa shape index (κ1) is 17.6. The third kappa shape index (κ3) is 4.03. The molecule has 0 spiro atoms. The Bertz CT molecular complexity index is 520. The Balaban J connectivity index is 3.27. The molecule has 1 atom stereocenters. The predicted octanol–water partition coefficient (Wildman–Crippen LogP) is 4.31. The summed E-state index contributed by atoms with van der Waals surface area (Å²) in [4.78, 5) is 11.5. The number of benzene rings is 1. The Morgan fingerprint density at radius 1 is 1.38 bits per heavy atom. The van der Waals surface area contributed by atoms with Crippen molar-refractivity contribution in [2.45, 2.75) is 38.7 Å². The number of ether oxygens (including phenoxy) is 2. The van der Waals surface area contributed by atoms with E-state index in [9.17, 15) is 18.0 Å². The molecule has 0 saturated carbocycles. The van der Waals surface area contributed by atoms with Gasteiger partial charge in [-0.25, -0.2) is 18.0 Å². The summed E-state index contributed by atoms with van der Waals surface area (Å²) in [6.07, 6.45) is -1.42. The summed E-state index contributed by atoms with van der Waals surface area (Å²) in [6, 6.07) is 1.58. The molecule has 0 radical (unpaired) electrons. The fraction of sp³-hybridized carbons (Fsp3) is 0.500. The van der Waals surface area contributed by atoms with Gasteiger partial charge in [-0.3, -0.25) is 0 Å². The van der Waals surface area contributed by atoms with Crippen LogP contribution in [0.1, 0.15) is 32.3 Å². The van der Waals surface area contributed by atoms with Crippen LogP contribution in [0.15, 0.2) is 12.1 Å². The zero-order valence-corrected chi connectivity index (χ0v) is 12.6. The number of hydrogen-bond acceptors (Lipinski definition) is 3. The van der Waals surface area contributed by atoms with Gasteiger partial charge in [0.15, 0.2) is 6.10 Å². The first-order valence-corrected chi connectivity index (χ1v) is 6.76. The third-order valence-corrected chi connectivity index (χ3v) is 3.25. The van der Waals surface area contributed by atoms with Crippen LogP contribution in [-0.2, 0) is 15.5 Å². The Labute approximate surface area is 126 Å². The summed E-state index contributed by atoms with van der Waals surface area (Å²) < 4.78 is 51.1. The molecule has 1 rings (SSSR count). The van der Waals surface area contributed by atoms with Gasteiger partial charge in [-0.2, -0.15) is 0 Å². The Kier molecular flexibility index (Phi) is 5.89. The molecule has 1 aromatic carbocycles.